The van der Waals surface area contributed by atoms with Gasteiger partial charge in [-0.3, -0.25) is 4.79 Å². The molecule has 1 saturated carbocycles. The first-order valence-corrected chi connectivity index (χ1v) is 7.48. The summed E-state index contributed by atoms with van der Waals surface area (Å²) in [4.78, 5) is 20.4. The normalized spacial score (nSPS) is 24.4. The smallest absolute Gasteiger partial charge is 0.310 e. The van der Waals surface area contributed by atoms with Crippen molar-refractivity contribution >= 4 is 5.97 Å². The highest BCUT2D eigenvalue weighted by atomic mass is 16.4. The third kappa shape index (κ3) is 3.00. The largest absolute Gasteiger partial charge is 0.481 e. The molecule has 0 bridgehead atoms. The van der Waals surface area contributed by atoms with Crippen LogP contribution in [-0.2, 0) is 4.79 Å². The first-order valence-electron chi connectivity index (χ1n) is 7.48. The summed E-state index contributed by atoms with van der Waals surface area (Å²) in [5.41, 5.74) is 2.41. The van der Waals surface area contributed by atoms with E-state index < -0.39 is 11.9 Å². The third-order valence-electron chi connectivity index (χ3n) is 4.45. The number of aromatic nitrogens is 2. The van der Waals surface area contributed by atoms with Gasteiger partial charge in [0.2, 0.25) is 0 Å². The van der Waals surface area contributed by atoms with Crippen molar-refractivity contribution in [2.75, 3.05) is 0 Å². The van der Waals surface area contributed by atoms with E-state index in [-0.39, 0.29) is 0 Å². The quantitative estimate of drug-likeness (QED) is 0.916. The van der Waals surface area contributed by atoms with E-state index >= 15 is 0 Å². The maximum atomic E-state index is 11.2. The zero-order valence-corrected chi connectivity index (χ0v) is 12.8. The van der Waals surface area contributed by atoms with Gasteiger partial charge in [0.1, 0.15) is 5.82 Å². The van der Waals surface area contributed by atoms with Crippen molar-refractivity contribution in [2.45, 2.75) is 65.2 Å². The maximum Gasteiger partial charge on any atom is 0.310 e. The summed E-state index contributed by atoms with van der Waals surface area (Å²) >= 11 is 0. The number of aryl methyl sites for hydroxylation is 2. The Kier molecular flexibility index (Phi) is 4.41. The van der Waals surface area contributed by atoms with Crippen LogP contribution < -0.4 is 0 Å². The lowest BCUT2D eigenvalue weighted by Crippen LogP contribution is -2.18. The fraction of sp³-hybridized carbons (Fsp3) is 0.688. The van der Waals surface area contributed by atoms with Gasteiger partial charge >= 0.3 is 5.97 Å². The molecule has 1 aliphatic carbocycles. The molecule has 2 rings (SSSR count). The lowest BCUT2D eigenvalue weighted by Gasteiger charge is -2.26. The van der Waals surface area contributed by atoms with E-state index in [1.807, 2.05) is 13.8 Å². The molecule has 4 heteroatoms. The van der Waals surface area contributed by atoms with Gasteiger partial charge in [0.25, 0.3) is 0 Å². The van der Waals surface area contributed by atoms with Gasteiger partial charge in [-0.05, 0) is 39.5 Å². The van der Waals surface area contributed by atoms with Crippen LogP contribution in [0.5, 0.6) is 0 Å². The molecule has 0 amide bonds. The van der Waals surface area contributed by atoms with Crippen molar-refractivity contribution in [1.29, 1.82) is 0 Å². The number of hydrogen-bond acceptors (Lipinski definition) is 3. The Labute approximate surface area is 120 Å². The predicted molar refractivity (Wildman–Crippen MR) is 77.9 cm³/mol. The number of nitrogens with zero attached hydrogens (tertiary/aromatic N) is 2. The van der Waals surface area contributed by atoms with Crippen LogP contribution in [0.15, 0.2) is 0 Å². The van der Waals surface area contributed by atoms with E-state index in [0.29, 0.717) is 5.92 Å². The molecule has 4 nitrogen and oxygen atoms in total. The summed E-state index contributed by atoms with van der Waals surface area (Å²) < 4.78 is 0. The molecule has 20 heavy (non-hydrogen) atoms. The van der Waals surface area contributed by atoms with Gasteiger partial charge in [-0.15, -0.1) is 0 Å². The average molecular weight is 276 g/mol. The van der Waals surface area contributed by atoms with Crippen molar-refractivity contribution in [3.63, 3.8) is 0 Å². The van der Waals surface area contributed by atoms with Crippen LogP contribution in [0.25, 0.3) is 0 Å². The van der Waals surface area contributed by atoms with E-state index in [0.717, 1.165) is 41.5 Å². The van der Waals surface area contributed by atoms with Crippen LogP contribution in [0.3, 0.4) is 0 Å². The first kappa shape index (κ1) is 14.9. The van der Waals surface area contributed by atoms with Gasteiger partial charge in [0.05, 0.1) is 5.92 Å². The highest BCUT2D eigenvalue weighted by Crippen LogP contribution is 2.35. The van der Waals surface area contributed by atoms with Crippen LogP contribution in [0.4, 0.5) is 0 Å². The molecule has 1 N–H and O–H groups in total. The van der Waals surface area contributed by atoms with Gasteiger partial charge in [-0.1, -0.05) is 19.8 Å². The lowest BCUT2D eigenvalue weighted by atomic mass is 9.82. The molecule has 1 fully saturated rings. The van der Waals surface area contributed by atoms with E-state index in [2.05, 4.69) is 16.9 Å². The summed E-state index contributed by atoms with van der Waals surface area (Å²) in [7, 11) is 0. The molecule has 3 unspecified atom stereocenters. The lowest BCUT2D eigenvalue weighted by molar-refractivity contribution is -0.138. The molecule has 1 heterocycles. The number of carboxylic acid groups (broad SMARTS) is 1. The molecule has 0 radical (unpaired) electrons. The first-order chi connectivity index (χ1) is 9.40. The Bertz CT molecular complexity index is 490. The molecule has 110 valence electrons. The highest BCUT2D eigenvalue weighted by Gasteiger charge is 2.26. The minimum atomic E-state index is -0.821. The van der Waals surface area contributed by atoms with E-state index in [9.17, 15) is 9.90 Å². The number of rotatable bonds is 3. The van der Waals surface area contributed by atoms with E-state index in [1.165, 1.54) is 12.8 Å². The fourth-order valence-electron chi connectivity index (χ4n) is 3.35. The van der Waals surface area contributed by atoms with Gasteiger partial charge in [0.15, 0.2) is 0 Å². The van der Waals surface area contributed by atoms with Gasteiger partial charge in [-0.25, -0.2) is 9.97 Å². The molecule has 1 aromatic heterocycles. The van der Waals surface area contributed by atoms with Gasteiger partial charge < -0.3 is 5.11 Å². The molecule has 0 spiro atoms. The van der Waals surface area contributed by atoms with Crippen molar-refractivity contribution in [2.24, 2.45) is 5.92 Å². The number of hydrogen-bond donors (Lipinski definition) is 1. The fourth-order valence-corrected chi connectivity index (χ4v) is 3.35. The van der Waals surface area contributed by atoms with Crippen molar-refractivity contribution in [3.8, 4) is 0 Å². The second-order valence-electron chi connectivity index (χ2n) is 6.19. The SMILES string of the molecule is Cc1nc(C2CCCC(C)C2)nc(C)c1C(C)C(=O)O. The molecular formula is C16H24N2O2. The topological polar surface area (TPSA) is 63.1 Å². The van der Waals surface area contributed by atoms with Crippen LogP contribution in [-0.4, -0.2) is 21.0 Å². The minimum absolute atomic E-state index is 0.435. The van der Waals surface area contributed by atoms with Crippen LogP contribution in [0, 0.1) is 19.8 Å². The van der Waals surface area contributed by atoms with Crippen LogP contribution in [0.1, 0.15) is 74.1 Å². The average Bonchev–Trinajstić information content (AvgIpc) is 2.37. The second kappa shape index (κ2) is 5.90. The van der Waals surface area contributed by atoms with Crippen molar-refractivity contribution in [1.82, 2.24) is 9.97 Å². The molecule has 0 saturated heterocycles. The molecular weight excluding hydrogens is 252 g/mol. The van der Waals surface area contributed by atoms with Crippen molar-refractivity contribution in [3.05, 3.63) is 22.8 Å². The second-order valence-corrected chi connectivity index (χ2v) is 6.19. The monoisotopic (exact) mass is 276 g/mol. The van der Waals surface area contributed by atoms with E-state index in [1.54, 1.807) is 6.92 Å². The Morgan fingerprint density at radius 2 is 1.85 bits per heavy atom. The number of aliphatic carboxylic acids is 1. The summed E-state index contributed by atoms with van der Waals surface area (Å²) in [5, 5.41) is 9.18. The summed E-state index contributed by atoms with van der Waals surface area (Å²) in [6.45, 7) is 7.79. The molecule has 1 aliphatic rings. The Morgan fingerprint density at radius 3 is 2.35 bits per heavy atom. The summed E-state index contributed by atoms with van der Waals surface area (Å²) in [5.74, 6) is 0.710. The standard InChI is InChI=1S/C16H24N2O2/c1-9-6-5-7-13(8-9)15-17-11(3)14(12(4)18-15)10(2)16(19)20/h9-10,13H,5-8H2,1-4H3,(H,19,20). The Hall–Kier alpha value is -1.45. The number of carboxylic acids is 1. The third-order valence-corrected chi connectivity index (χ3v) is 4.45. The van der Waals surface area contributed by atoms with Crippen LogP contribution in [0.2, 0.25) is 0 Å². The van der Waals surface area contributed by atoms with E-state index in [4.69, 9.17) is 0 Å². The summed E-state index contributed by atoms with van der Waals surface area (Å²) in [6, 6.07) is 0. The molecule has 1 aromatic rings. The zero-order chi connectivity index (χ0) is 14.9. The van der Waals surface area contributed by atoms with Crippen molar-refractivity contribution < 1.29 is 9.90 Å². The summed E-state index contributed by atoms with van der Waals surface area (Å²) in [6.07, 6.45) is 4.83. The highest BCUT2D eigenvalue weighted by molar-refractivity contribution is 5.76. The molecule has 0 aromatic carbocycles. The molecule has 3 atom stereocenters. The van der Waals surface area contributed by atoms with Gasteiger partial charge in [-0.2, -0.15) is 0 Å². The maximum absolute atomic E-state index is 11.2. The molecule has 0 aliphatic heterocycles. The number of carbonyl (C=O) groups is 1. The predicted octanol–water partition coefficient (Wildman–Crippen LogP) is 3.58. The van der Waals surface area contributed by atoms with Gasteiger partial charge in [0, 0.05) is 22.9 Å². The zero-order valence-electron chi connectivity index (χ0n) is 12.8. The van der Waals surface area contributed by atoms with Crippen LogP contribution >= 0.6 is 0 Å². The minimum Gasteiger partial charge on any atom is -0.481 e. The Balaban J connectivity index is 2.32. The Morgan fingerprint density at radius 1 is 1.25 bits per heavy atom.